The highest BCUT2D eigenvalue weighted by molar-refractivity contribution is 5.80. The van der Waals surface area contributed by atoms with Crippen molar-refractivity contribution in [3.63, 3.8) is 0 Å². The second-order valence-electron chi connectivity index (χ2n) is 4.54. The van der Waals surface area contributed by atoms with Gasteiger partial charge in [-0.15, -0.1) is 0 Å². The third-order valence-corrected chi connectivity index (χ3v) is 3.17. The number of hydrogen-bond acceptors (Lipinski definition) is 6. The number of methoxy groups -OCH3 is 1. The van der Waals surface area contributed by atoms with Gasteiger partial charge in [-0.25, -0.2) is 0 Å². The minimum atomic E-state index is -0.495. The zero-order chi connectivity index (χ0) is 14.3. The predicted molar refractivity (Wildman–Crippen MR) is 69.5 cm³/mol. The molecule has 0 aromatic heterocycles. The molecule has 2 N–H and O–H groups in total. The molecule has 1 saturated heterocycles. The molecule has 1 rings (SSSR count). The van der Waals surface area contributed by atoms with Gasteiger partial charge in [-0.1, -0.05) is 0 Å². The van der Waals surface area contributed by atoms with E-state index in [1.807, 2.05) is 0 Å². The van der Waals surface area contributed by atoms with Crippen molar-refractivity contribution in [1.29, 1.82) is 0 Å². The van der Waals surface area contributed by atoms with Crippen LogP contribution in [0.4, 0.5) is 0 Å². The lowest BCUT2D eigenvalue weighted by Gasteiger charge is -2.33. The number of amides is 1. The van der Waals surface area contributed by atoms with Crippen LogP contribution in [0.25, 0.3) is 0 Å². The number of nitrogens with zero attached hydrogens (tertiary/aromatic N) is 2. The number of ether oxygens (including phenoxy) is 2. The summed E-state index contributed by atoms with van der Waals surface area (Å²) in [6.45, 7) is 2.72. The van der Waals surface area contributed by atoms with E-state index in [9.17, 15) is 9.59 Å². The van der Waals surface area contributed by atoms with Gasteiger partial charge < -0.3 is 20.1 Å². The fourth-order valence-electron chi connectivity index (χ4n) is 1.93. The second kappa shape index (κ2) is 8.08. The molecule has 0 saturated carbocycles. The average Bonchev–Trinajstić information content (AvgIpc) is 2.44. The minimum absolute atomic E-state index is 0.0238. The van der Waals surface area contributed by atoms with Crippen LogP contribution in [0.15, 0.2) is 0 Å². The molecular weight excluding hydrogens is 250 g/mol. The molecule has 1 heterocycles. The molecule has 1 fully saturated rings. The molecule has 0 aromatic carbocycles. The second-order valence-corrected chi connectivity index (χ2v) is 4.54. The van der Waals surface area contributed by atoms with Crippen molar-refractivity contribution in [1.82, 2.24) is 9.80 Å². The number of hydrogen-bond donors (Lipinski definition) is 1. The predicted octanol–water partition coefficient (Wildman–Crippen LogP) is -1.33. The largest absolute Gasteiger partial charge is 0.468 e. The Hall–Kier alpha value is -1.18. The summed E-state index contributed by atoms with van der Waals surface area (Å²) in [5.74, 6) is -0.388. The Balaban J connectivity index is 2.52. The molecule has 1 aliphatic rings. The van der Waals surface area contributed by atoms with Gasteiger partial charge in [-0.05, 0) is 13.0 Å². The zero-order valence-electron chi connectivity index (χ0n) is 11.6. The van der Waals surface area contributed by atoms with Gasteiger partial charge >= 0.3 is 5.97 Å². The van der Waals surface area contributed by atoms with Crippen LogP contribution < -0.4 is 5.73 Å². The monoisotopic (exact) mass is 273 g/mol. The van der Waals surface area contributed by atoms with Crippen LogP contribution in [0.5, 0.6) is 0 Å². The third kappa shape index (κ3) is 4.77. The minimum Gasteiger partial charge on any atom is -0.468 e. The van der Waals surface area contributed by atoms with Gasteiger partial charge in [0, 0.05) is 20.1 Å². The Bertz CT molecular complexity index is 311. The third-order valence-electron chi connectivity index (χ3n) is 3.17. The molecular formula is C12H23N3O4. The Morgan fingerprint density at radius 3 is 2.89 bits per heavy atom. The van der Waals surface area contributed by atoms with E-state index in [2.05, 4.69) is 0 Å². The smallest absolute Gasteiger partial charge is 0.325 e. The van der Waals surface area contributed by atoms with Crippen molar-refractivity contribution in [2.45, 2.75) is 12.5 Å². The number of carbonyl (C=O) groups is 2. The molecule has 1 unspecified atom stereocenters. The lowest BCUT2D eigenvalue weighted by molar-refractivity contribution is -0.154. The van der Waals surface area contributed by atoms with Crippen molar-refractivity contribution in [2.75, 3.05) is 53.6 Å². The average molecular weight is 273 g/mol. The first-order chi connectivity index (χ1) is 9.10. The van der Waals surface area contributed by atoms with Gasteiger partial charge in [-0.2, -0.15) is 0 Å². The summed E-state index contributed by atoms with van der Waals surface area (Å²) in [6.07, 6.45) is 0.770. The molecule has 7 heteroatoms. The lowest BCUT2D eigenvalue weighted by Crippen LogP contribution is -2.53. The fraction of sp³-hybridized carbons (Fsp3) is 0.833. The van der Waals surface area contributed by atoms with Gasteiger partial charge in [0.25, 0.3) is 0 Å². The van der Waals surface area contributed by atoms with Crippen LogP contribution in [0, 0.1) is 0 Å². The number of likely N-dealkylation sites (N-methyl/N-ethyl adjacent to an activating group) is 1. The maximum Gasteiger partial charge on any atom is 0.325 e. The van der Waals surface area contributed by atoms with Gasteiger partial charge in [0.15, 0.2) is 0 Å². The topological polar surface area (TPSA) is 85.1 Å². The maximum absolute atomic E-state index is 12.0. The molecule has 7 nitrogen and oxygen atoms in total. The first-order valence-electron chi connectivity index (χ1n) is 6.43. The van der Waals surface area contributed by atoms with Crippen LogP contribution in [-0.2, 0) is 19.1 Å². The molecule has 1 amide bonds. The zero-order valence-corrected chi connectivity index (χ0v) is 11.6. The van der Waals surface area contributed by atoms with Crippen molar-refractivity contribution < 1.29 is 19.1 Å². The van der Waals surface area contributed by atoms with E-state index in [1.165, 1.54) is 7.11 Å². The highest BCUT2D eigenvalue weighted by Crippen LogP contribution is 2.09. The van der Waals surface area contributed by atoms with E-state index >= 15 is 0 Å². The van der Waals surface area contributed by atoms with E-state index in [0.29, 0.717) is 26.2 Å². The molecule has 110 valence electrons. The Morgan fingerprint density at radius 2 is 2.26 bits per heavy atom. The molecule has 0 bridgehead atoms. The summed E-state index contributed by atoms with van der Waals surface area (Å²) in [5, 5.41) is 0. The Morgan fingerprint density at radius 1 is 1.53 bits per heavy atom. The van der Waals surface area contributed by atoms with Crippen molar-refractivity contribution in [3.8, 4) is 0 Å². The number of esters is 1. The molecule has 1 aliphatic heterocycles. The number of rotatable bonds is 6. The molecule has 1 atom stereocenters. The van der Waals surface area contributed by atoms with E-state index in [1.54, 1.807) is 16.8 Å². The van der Waals surface area contributed by atoms with E-state index < -0.39 is 6.04 Å². The first kappa shape index (κ1) is 15.9. The van der Waals surface area contributed by atoms with E-state index in [0.717, 1.165) is 6.42 Å². The normalized spacial score (nSPS) is 20.1. The van der Waals surface area contributed by atoms with Crippen molar-refractivity contribution in [3.05, 3.63) is 0 Å². The molecule has 0 radical (unpaired) electrons. The van der Waals surface area contributed by atoms with Crippen molar-refractivity contribution >= 4 is 11.9 Å². The quantitative estimate of drug-likeness (QED) is 0.603. The van der Waals surface area contributed by atoms with Gasteiger partial charge in [0.1, 0.15) is 6.04 Å². The first-order valence-corrected chi connectivity index (χ1v) is 6.43. The highest BCUT2D eigenvalue weighted by Gasteiger charge is 2.31. The SMILES string of the molecule is COC(=O)C1COCCN1CC(=O)N(C)CCCN. The van der Waals surface area contributed by atoms with Crippen molar-refractivity contribution in [2.24, 2.45) is 5.73 Å². The summed E-state index contributed by atoms with van der Waals surface area (Å²) in [4.78, 5) is 27.1. The van der Waals surface area contributed by atoms with Gasteiger partial charge in [0.05, 0.1) is 26.9 Å². The fourth-order valence-corrected chi connectivity index (χ4v) is 1.93. The molecule has 0 spiro atoms. The Labute approximate surface area is 113 Å². The van der Waals surface area contributed by atoms with Crippen LogP contribution >= 0.6 is 0 Å². The van der Waals surface area contributed by atoms with Gasteiger partial charge in [0.2, 0.25) is 5.91 Å². The summed E-state index contributed by atoms with van der Waals surface area (Å²) < 4.78 is 9.98. The molecule has 0 aromatic rings. The number of carbonyl (C=O) groups excluding carboxylic acids is 2. The van der Waals surface area contributed by atoms with Crippen LogP contribution in [0.1, 0.15) is 6.42 Å². The van der Waals surface area contributed by atoms with E-state index in [-0.39, 0.29) is 25.0 Å². The van der Waals surface area contributed by atoms with Crippen LogP contribution in [0.3, 0.4) is 0 Å². The highest BCUT2D eigenvalue weighted by atomic mass is 16.5. The summed E-state index contributed by atoms with van der Waals surface area (Å²) in [5.41, 5.74) is 5.41. The maximum atomic E-state index is 12.0. The number of morpholine rings is 1. The van der Waals surface area contributed by atoms with Gasteiger partial charge in [-0.3, -0.25) is 14.5 Å². The molecule has 0 aliphatic carbocycles. The summed E-state index contributed by atoms with van der Waals surface area (Å²) in [6, 6.07) is -0.495. The Kier molecular flexibility index (Phi) is 6.75. The summed E-state index contributed by atoms with van der Waals surface area (Å²) >= 11 is 0. The molecule has 19 heavy (non-hydrogen) atoms. The van der Waals surface area contributed by atoms with E-state index in [4.69, 9.17) is 15.2 Å². The van der Waals surface area contributed by atoms with Crippen LogP contribution in [-0.4, -0.2) is 81.3 Å². The lowest BCUT2D eigenvalue weighted by atomic mass is 10.2. The summed E-state index contributed by atoms with van der Waals surface area (Å²) in [7, 11) is 3.08. The standard InChI is InChI=1S/C12H23N3O4/c1-14(5-3-4-13)11(16)8-15-6-7-19-9-10(15)12(17)18-2/h10H,3-9,13H2,1-2H3. The van der Waals surface area contributed by atoms with Crippen LogP contribution in [0.2, 0.25) is 0 Å². The number of nitrogens with two attached hydrogens (primary N) is 1.